The molecule has 2 aromatic carbocycles. The number of anilines is 1. The van der Waals surface area contributed by atoms with Crippen molar-refractivity contribution in [3.05, 3.63) is 66.7 Å². The Hall–Kier alpha value is -2.88. The Bertz CT molecular complexity index is 631. The Morgan fingerprint density at radius 3 is 2.05 bits per heavy atom. The van der Waals surface area contributed by atoms with Crippen molar-refractivity contribution in [2.24, 2.45) is 0 Å². The van der Waals surface area contributed by atoms with Crippen molar-refractivity contribution in [1.29, 1.82) is 0 Å². The lowest BCUT2D eigenvalue weighted by Gasteiger charge is -2.05. The van der Waals surface area contributed by atoms with E-state index in [2.05, 4.69) is 5.32 Å². The predicted octanol–water partition coefficient (Wildman–Crippen LogP) is 1.60. The second-order valence-electron chi connectivity index (χ2n) is 4.08. The van der Waals surface area contributed by atoms with E-state index in [1.54, 1.807) is 12.1 Å². The van der Waals surface area contributed by atoms with Crippen LogP contribution < -0.4 is 10.4 Å². The third-order valence-corrected chi connectivity index (χ3v) is 2.63. The fraction of sp³-hybridized carbons (Fsp3) is 0. The summed E-state index contributed by atoms with van der Waals surface area (Å²) in [6, 6.07) is 17.1. The van der Waals surface area contributed by atoms with Gasteiger partial charge in [0.15, 0.2) is 0 Å². The molecule has 100 valence electrons. The van der Waals surface area contributed by atoms with Crippen molar-refractivity contribution in [2.45, 2.75) is 0 Å². The number of aliphatic carboxylic acids is 1. The number of nitrogens with one attached hydrogen (secondary N) is 1. The number of carbonyl (C=O) groups is 2. The molecule has 20 heavy (non-hydrogen) atoms. The molecule has 0 saturated carbocycles. The van der Waals surface area contributed by atoms with E-state index in [0.717, 1.165) is 17.2 Å². The molecule has 1 amide bonds. The van der Waals surface area contributed by atoms with Crippen molar-refractivity contribution in [2.75, 3.05) is 5.32 Å². The van der Waals surface area contributed by atoms with Crippen LogP contribution in [0.2, 0.25) is 0 Å². The Morgan fingerprint density at radius 1 is 0.850 bits per heavy atom. The Balaban J connectivity index is 2.06. The van der Waals surface area contributed by atoms with E-state index in [4.69, 9.17) is 0 Å². The van der Waals surface area contributed by atoms with Gasteiger partial charge in [0, 0.05) is 11.8 Å². The molecular weight excluding hydrogens is 254 g/mol. The number of amides is 1. The molecule has 0 heterocycles. The zero-order chi connectivity index (χ0) is 14.4. The Morgan fingerprint density at radius 2 is 1.45 bits per heavy atom. The minimum atomic E-state index is -1.40. The molecule has 0 radical (unpaired) electrons. The van der Waals surface area contributed by atoms with Gasteiger partial charge < -0.3 is 15.2 Å². The first kappa shape index (κ1) is 13.5. The summed E-state index contributed by atoms with van der Waals surface area (Å²) in [5, 5.41) is 12.7. The van der Waals surface area contributed by atoms with E-state index in [-0.39, 0.29) is 0 Å². The maximum atomic E-state index is 11.4. The maximum absolute atomic E-state index is 11.4. The summed E-state index contributed by atoms with van der Waals surface area (Å²) in [5.41, 5.74) is 2.72. The average Bonchev–Trinajstić information content (AvgIpc) is 2.47. The van der Waals surface area contributed by atoms with Crippen LogP contribution in [0.3, 0.4) is 0 Å². The quantitative estimate of drug-likeness (QED) is 0.854. The molecule has 4 heteroatoms. The highest BCUT2D eigenvalue weighted by Gasteiger charge is 1.99. The van der Waals surface area contributed by atoms with Crippen molar-refractivity contribution >= 4 is 17.6 Å². The van der Waals surface area contributed by atoms with Crippen molar-refractivity contribution in [3.8, 4) is 11.1 Å². The molecule has 0 saturated heterocycles. The molecule has 0 aliphatic rings. The van der Waals surface area contributed by atoms with Gasteiger partial charge in [0.05, 0.1) is 5.97 Å². The van der Waals surface area contributed by atoms with Crippen LogP contribution in [0.4, 0.5) is 5.69 Å². The third kappa shape index (κ3) is 3.81. The van der Waals surface area contributed by atoms with Crippen LogP contribution >= 0.6 is 0 Å². The second kappa shape index (κ2) is 6.33. The average molecular weight is 266 g/mol. The molecule has 4 nitrogen and oxygen atoms in total. The lowest BCUT2D eigenvalue weighted by atomic mass is 10.1. The van der Waals surface area contributed by atoms with Crippen LogP contribution in [0.5, 0.6) is 0 Å². The summed E-state index contributed by atoms with van der Waals surface area (Å²) >= 11 is 0. The summed E-state index contributed by atoms with van der Waals surface area (Å²) in [6.07, 6.45) is 1.61. The van der Waals surface area contributed by atoms with Crippen LogP contribution in [0.1, 0.15) is 0 Å². The van der Waals surface area contributed by atoms with Gasteiger partial charge in [-0.25, -0.2) is 0 Å². The Labute approximate surface area is 116 Å². The topological polar surface area (TPSA) is 69.2 Å². The number of carboxylic acids is 1. The van der Waals surface area contributed by atoms with Crippen LogP contribution in [0, 0.1) is 0 Å². The van der Waals surface area contributed by atoms with E-state index in [1.807, 2.05) is 42.5 Å². The highest BCUT2D eigenvalue weighted by molar-refractivity contribution is 6.02. The highest BCUT2D eigenvalue weighted by Crippen LogP contribution is 2.20. The number of rotatable bonds is 4. The first-order valence-electron chi connectivity index (χ1n) is 6.01. The summed E-state index contributed by atoms with van der Waals surface area (Å²) in [6.45, 7) is 0. The maximum Gasteiger partial charge on any atom is 0.248 e. The second-order valence-corrected chi connectivity index (χ2v) is 4.08. The number of carboxylic acid groups (broad SMARTS) is 1. The van der Waals surface area contributed by atoms with Gasteiger partial charge in [-0.15, -0.1) is 0 Å². The molecule has 0 atom stereocenters. The van der Waals surface area contributed by atoms with E-state index < -0.39 is 11.9 Å². The molecule has 0 unspecified atom stereocenters. The van der Waals surface area contributed by atoms with Gasteiger partial charge in [-0.2, -0.15) is 0 Å². The normalized spacial score (nSPS) is 10.4. The van der Waals surface area contributed by atoms with Crippen LogP contribution in [-0.4, -0.2) is 11.9 Å². The lowest BCUT2D eigenvalue weighted by Crippen LogP contribution is -2.20. The van der Waals surface area contributed by atoms with E-state index in [1.165, 1.54) is 0 Å². The number of benzene rings is 2. The molecule has 0 spiro atoms. The molecule has 2 rings (SSSR count). The minimum Gasteiger partial charge on any atom is -0.545 e. The SMILES string of the molecule is O=C([O-])C=CC(=O)Nc1ccc(-c2ccccc2)cc1. The van der Waals surface area contributed by atoms with Gasteiger partial charge in [-0.3, -0.25) is 4.79 Å². The van der Waals surface area contributed by atoms with E-state index in [0.29, 0.717) is 11.8 Å². The molecule has 0 aliphatic heterocycles. The largest absolute Gasteiger partial charge is 0.545 e. The number of hydrogen-bond acceptors (Lipinski definition) is 3. The highest BCUT2D eigenvalue weighted by atomic mass is 16.4. The minimum absolute atomic E-state index is 0.512. The summed E-state index contributed by atoms with van der Waals surface area (Å²) in [5.74, 6) is -1.92. The predicted molar refractivity (Wildman–Crippen MR) is 74.7 cm³/mol. The molecular formula is C16H12NO3-. The summed E-state index contributed by atoms with van der Waals surface area (Å²) in [7, 11) is 0. The summed E-state index contributed by atoms with van der Waals surface area (Å²) < 4.78 is 0. The summed E-state index contributed by atoms with van der Waals surface area (Å²) in [4.78, 5) is 21.6. The smallest absolute Gasteiger partial charge is 0.248 e. The lowest BCUT2D eigenvalue weighted by molar-refractivity contribution is -0.297. The molecule has 1 N–H and O–H groups in total. The van der Waals surface area contributed by atoms with Crippen LogP contribution in [0.15, 0.2) is 66.7 Å². The van der Waals surface area contributed by atoms with Gasteiger partial charge in [0.1, 0.15) is 0 Å². The number of hydrogen-bond donors (Lipinski definition) is 1. The molecule has 0 fully saturated rings. The fourth-order valence-corrected chi connectivity index (χ4v) is 1.70. The van der Waals surface area contributed by atoms with Crippen molar-refractivity contribution < 1.29 is 14.7 Å². The van der Waals surface area contributed by atoms with Crippen molar-refractivity contribution in [3.63, 3.8) is 0 Å². The first-order valence-corrected chi connectivity index (χ1v) is 6.01. The molecule has 0 aromatic heterocycles. The fourth-order valence-electron chi connectivity index (χ4n) is 1.70. The number of carbonyl (C=O) groups excluding carboxylic acids is 2. The van der Waals surface area contributed by atoms with E-state index >= 15 is 0 Å². The van der Waals surface area contributed by atoms with Gasteiger partial charge in [0.25, 0.3) is 0 Å². The van der Waals surface area contributed by atoms with Crippen LogP contribution in [-0.2, 0) is 9.59 Å². The van der Waals surface area contributed by atoms with Gasteiger partial charge in [-0.1, -0.05) is 42.5 Å². The molecule has 0 aliphatic carbocycles. The van der Waals surface area contributed by atoms with Gasteiger partial charge >= 0.3 is 0 Å². The first-order chi connectivity index (χ1) is 9.65. The molecule has 2 aromatic rings. The third-order valence-electron chi connectivity index (χ3n) is 2.63. The zero-order valence-electron chi connectivity index (χ0n) is 10.6. The van der Waals surface area contributed by atoms with Crippen molar-refractivity contribution in [1.82, 2.24) is 0 Å². The van der Waals surface area contributed by atoms with Gasteiger partial charge in [-0.05, 0) is 29.3 Å². The van der Waals surface area contributed by atoms with Crippen LogP contribution in [0.25, 0.3) is 11.1 Å². The Kier molecular flexibility index (Phi) is 4.29. The van der Waals surface area contributed by atoms with Gasteiger partial charge in [0.2, 0.25) is 5.91 Å². The molecule has 0 bridgehead atoms. The van der Waals surface area contributed by atoms with E-state index in [9.17, 15) is 14.7 Å². The standard InChI is InChI=1S/C16H13NO3/c18-15(10-11-16(19)20)17-14-8-6-13(7-9-14)12-4-2-1-3-5-12/h1-11H,(H,17,18)(H,19,20)/p-1. The zero-order valence-corrected chi connectivity index (χ0v) is 10.6. The monoisotopic (exact) mass is 266 g/mol.